The molecule has 1 N–H and O–H groups in total. The maximum absolute atomic E-state index is 10.5. The number of fused-ring (bicyclic) bond motifs is 1. The predicted molar refractivity (Wildman–Crippen MR) is 82.9 cm³/mol. The zero-order valence-corrected chi connectivity index (χ0v) is 13.5. The lowest BCUT2D eigenvalue weighted by Crippen LogP contribution is -2.00. The van der Waals surface area contributed by atoms with Crippen LogP contribution in [0.25, 0.3) is 0 Å². The molecule has 3 nitrogen and oxygen atoms in total. The number of benzene rings is 1. The highest BCUT2D eigenvalue weighted by Crippen LogP contribution is 2.40. The van der Waals surface area contributed by atoms with E-state index in [-0.39, 0.29) is 0 Å². The van der Waals surface area contributed by atoms with Gasteiger partial charge in [0.15, 0.2) is 11.5 Å². The second-order valence-corrected chi connectivity index (χ2v) is 6.74. The molecule has 1 aliphatic heterocycles. The van der Waals surface area contributed by atoms with Crippen molar-refractivity contribution in [2.24, 2.45) is 0 Å². The zero-order chi connectivity index (χ0) is 14.1. The van der Waals surface area contributed by atoms with E-state index in [1.807, 2.05) is 30.5 Å². The number of ether oxygens (including phenoxy) is 2. The maximum atomic E-state index is 10.5. The molecule has 0 radical (unpaired) electrons. The first-order chi connectivity index (χ1) is 9.65. The average molecular weight is 355 g/mol. The molecule has 1 aliphatic rings. The van der Waals surface area contributed by atoms with Gasteiger partial charge in [-0.2, -0.15) is 0 Å². The van der Waals surface area contributed by atoms with E-state index >= 15 is 0 Å². The number of aliphatic hydroxyl groups is 1. The van der Waals surface area contributed by atoms with E-state index in [0.29, 0.717) is 19.0 Å². The van der Waals surface area contributed by atoms with Gasteiger partial charge in [-0.1, -0.05) is 0 Å². The number of rotatable bonds is 2. The summed E-state index contributed by atoms with van der Waals surface area (Å²) in [7, 11) is 0. The summed E-state index contributed by atoms with van der Waals surface area (Å²) in [5, 5.41) is 12.5. The van der Waals surface area contributed by atoms with Gasteiger partial charge in [-0.3, -0.25) is 0 Å². The van der Waals surface area contributed by atoms with E-state index < -0.39 is 6.10 Å². The fraction of sp³-hybridized carbons (Fsp3) is 0.333. The van der Waals surface area contributed by atoms with E-state index in [1.54, 1.807) is 11.3 Å². The third-order valence-corrected chi connectivity index (χ3v) is 4.68. The van der Waals surface area contributed by atoms with Crippen LogP contribution in [0, 0.1) is 6.92 Å². The molecule has 0 saturated carbocycles. The van der Waals surface area contributed by atoms with Crippen LogP contribution in [0.3, 0.4) is 0 Å². The highest BCUT2D eigenvalue weighted by Gasteiger charge is 2.19. The Morgan fingerprint density at radius 1 is 1.20 bits per heavy atom. The lowest BCUT2D eigenvalue weighted by molar-refractivity contribution is 0.219. The number of aryl methyl sites for hydroxylation is 1. The van der Waals surface area contributed by atoms with Crippen molar-refractivity contribution in [2.75, 3.05) is 13.2 Å². The van der Waals surface area contributed by atoms with Crippen LogP contribution in [0.5, 0.6) is 11.5 Å². The van der Waals surface area contributed by atoms with Gasteiger partial charge in [0.1, 0.15) is 6.10 Å². The second-order valence-electron chi connectivity index (χ2n) is 4.77. The van der Waals surface area contributed by atoms with Crippen molar-refractivity contribution < 1.29 is 14.6 Å². The Kier molecular flexibility index (Phi) is 4.01. The van der Waals surface area contributed by atoms with Crippen molar-refractivity contribution in [3.63, 3.8) is 0 Å². The van der Waals surface area contributed by atoms with Crippen LogP contribution >= 0.6 is 27.3 Å². The van der Waals surface area contributed by atoms with Crippen molar-refractivity contribution in [2.45, 2.75) is 19.4 Å². The van der Waals surface area contributed by atoms with Crippen LogP contribution in [0.15, 0.2) is 28.1 Å². The minimum atomic E-state index is -0.645. The van der Waals surface area contributed by atoms with Crippen LogP contribution in [0.1, 0.15) is 28.5 Å². The summed E-state index contributed by atoms with van der Waals surface area (Å²) in [4.78, 5) is 1.19. The smallest absolute Gasteiger partial charge is 0.175 e. The zero-order valence-electron chi connectivity index (χ0n) is 11.1. The first kappa shape index (κ1) is 13.9. The Bertz CT molecular complexity index is 624. The molecule has 0 bridgehead atoms. The lowest BCUT2D eigenvalue weighted by Gasteiger charge is -2.15. The van der Waals surface area contributed by atoms with Gasteiger partial charge in [0.05, 0.1) is 17.7 Å². The van der Waals surface area contributed by atoms with E-state index in [1.165, 1.54) is 4.88 Å². The molecule has 20 heavy (non-hydrogen) atoms. The van der Waals surface area contributed by atoms with Crippen LogP contribution in [0.2, 0.25) is 0 Å². The van der Waals surface area contributed by atoms with Crippen LogP contribution in [0.4, 0.5) is 0 Å². The first-order valence-corrected chi connectivity index (χ1v) is 8.14. The van der Waals surface area contributed by atoms with Crippen LogP contribution in [-0.2, 0) is 0 Å². The summed E-state index contributed by atoms with van der Waals surface area (Å²) < 4.78 is 12.2. The van der Waals surface area contributed by atoms with Crippen molar-refractivity contribution in [1.29, 1.82) is 0 Å². The van der Waals surface area contributed by atoms with Gasteiger partial charge in [0.25, 0.3) is 0 Å². The Labute approximate surface area is 130 Å². The maximum Gasteiger partial charge on any atom is 0.175 e. The molecule has 2 heterocycles. The quantitative estimate of drug-likeness (QED) is 0.883. The fourth-order valence-electron chi connectivity index (χ4n) is 2.21. The van der Waals surface area contributed by atoms with Gasteiger partial charge in [-0.25, -0.2) is 0 Å². The Hall–Kier alpha value is -1.04. The van der Waals surface area contributed by atoms with Crippen molar-refractivity contribution >= 4 is 27.3 Å². The van der Waals surface area contributed by atoms with Crippen LogP contribution < -0.4 is 9.47 Å². The monoisotopic (exact) mass is 354 g/mol. The summed E-state index contributed by atoms with van der Waals surface area (Å²) in [6.07, 6.45) is 0.219. The normalized spacial score (nSPS) is 15.8. The molecular weight excluding hydrogens is 340 g/mol. The molecule has 1 atom stereocenters. The number of thiophene rings is 1. The number of aliphatic hydroxyl groups excluding tert-OH is 1. The Morgan fingerprint density at radius 3 is 2.75 bits per heavy atom. The van der Waals surface area contributed by atoms with Gasteiger partial charge in [0, 0.05) is 11.3 Å². The van der Waals surface area contributed by atoms with Crippen LogP contribution in [-0.4, -0.2) is 18.3 Å². The number of hydrogen-bond donors (Lipinski definition) is 1. The van der Waals surface area contributed by atoms with E-state index in [2.05, 4.69) is 15.9 Å². The summed E-state index contributed by atoms with van der Waals surface area (Å²) in [5.41, 5.74) is 1.72. The molecule has 1 aromatic carbocycles. The first-order valence-electron chi connectivity index (χ1n) is 6.47. The van der Waals surface area contributed by atoms with E-state index in [0.717, 1.165) is 27.8 Å². The Balaban J connectivity index is 1.98. The molecule has 1 unspecified atom stereocenters. The summed E-state index contributed by atoms with van der Waals surface area (Å²) in [5.74, 6) is 1.41. The Morgan fingerprint density at radius 2 is 2.00 bits per heavy atom. The summed E-state index contributed by atoms with van der Waals surface area (Å²) in [6.45, 7) is 3.32. The lowest BCUT2D eigenvalue weighted by atomic mass is 10.0. The molecule has 0 aliphatic carbocycles. The van der Waals surface area contributed by atoms with Gasteiger partial charge >= 0.3 is 0 Å². The minimum absolute atomic E-state index is 0.635. The molecule has 0 amide bonds. The molecular formula is C15H15BrO3S. The molecule has 0 spiro atoms. The van der Waals surface area contributed by atoms with E-state index in [9.17, 15) is 5.11 Å². The van der Waals surface area contributed by atoms with Crippen molar-refractivity contribution in [3.8, 4) is 11.5 Å². The molecule has 0 saturated heterocycles. The molecule has 1 aromatic heterocycles. The largest absolute Gasteiger partial charge is 0.490 e. The second kappa shape index (κ2) is 5.76. The molecule has 5 heteroatoms. The third kappa shape index (κ3) is 2.71. The number of halogens is 1. The average Bonchev–Trinajstić information content (AvgIpc) is 2.72. The molecule has 2 aromatic rings. The topological polar surface area (TPSA) is 38.7 Å². The fourth-order valence-corrected chi connectivity index (χ4v) is 3.51. The highest BCUT2D eigenvalue weighted by molar-refractivity contribution is 9.10. The number of hydrogen-bond acceptors (Lipinski definition) is 4. The summed E-state index contributed by atoms with van der Waals surface area (Å²) >= 11 is 5.14. The van der Waals surface area contributed by atoms with Gasteiger partial charge < -0.3 is 14.6 Å². The highest BCUT2D eigenvalue weighted by atomic mass is 79.9. The van der Waals surface area contributed by atoms with Crippen molar-refractivity contribution in [1.82, 2.24) is 0 Å². The minimum Gasteiger partial charge on any atom is -0.490 e. The van der Waals surface area contributed by atoms with Crippen molar-refractivity contribution in [3.05, 3.63) is 44.1 Å². The SMILES string of the molecule is Cc1cc(C(O)c2cc(Br)c3c(c2)OCCCO3)cs1. The predicted octanol–water partition coefficient (Wildman–Crippen LogP) is 4.06. The molecule has 3 rings (SSSR count). The third-order valence-electron chi connectivity index (χ3n) is 3.21. The van der Waals surface area contributed by atoms with Gasteiger partial charge in [0.2, 0.25) is 0 Å². The van der Waals surface area contributed by atoms with Gasteiger partial charge in [-0.15, -0.1) is 11.3 Å². The molecule has 106 valence electrons. The van der Waals surface area contributed by atoms with Gasteiger partial charge in [-0.05, 0) is 57.6 Å². The summed E-state index contributed by atoms with van der Waals surface area (Å²) in [6, 6.07) is 5.76. The standard InChI is InChI=1S/C15H15BrO3S/c1-9-5-11(8-20-9)14(17)10-6-12(16)15-13(7-10)18-3-2-4-19-15/h5-8,14,17H,2-4H2,1H3. The van der Waals surface area contributed by atoms with E-state index in [4.69, 9.17) is 9.47 Å². The molecule has 0 fully saturated rings.